The summed E-state index contributed by atoms with van der Waals surface area (Å²) in [4.78, 5) is 11.5. The number of aromatic hydroxyl groups is 1. The molecule has 0 saturated heterocycles. The molecule has 0 amide bonds. The van der Waals surface area contributed by atoms with Crippen LogP contribution in [0.5, 0.6) is 5.88 Å². The van der Waals surface area contributed by atoms with Crippen LogP contribution in [0, 0.1) is 6.92 Å². The monoisotopic (exact) mass is 195 g/mol. The van der Waals surface area contributed by atoms with E-state index in [9.17, 15) is 9.90 Å². The third-order valence-corrected chi connectivity index (χ3v) is 2.42. The highest BCUT2D eigenvalue weighted by atomic mass is 16.3. The molecule has 3 heteroatoms. The Morgan fingerprint density at radius 3 is 2.57 bits per heavy atom. The Bertz CT molecular complexity index is 380. The molecule has 1 N–H and O–H groups in total. The van der Waals surface area contributed by atoms with Gasteiger partial charge in [-0.2, -0.15) is 0 Å². The van der Waals surface area contributed by atoms with Crippen molar-refractivity contribution in [1.82, 2.24) is 4.57 Å². The summed E-state index contributed by atoms with van der Waals surface area (Å²) < 4.78 is 1.40. The van der Waals surface area contributed by atoms with Gasteiger partial charge in [0.05, 0.1) is 0 Å². The second-order valence-corrected chi connectivity index (χ2v) is 3.46. The maximum Gasteiger partial charge on any atom is 0.253 e. The van der Waals surface area contributed by atoms with E-state index in [4.69, 9.17) is 0 Å². The first kappa shape index (κ1) is 10.8. The van der Waals surface area contributed by atoms with E-state index in [1.165, 1.54) is 4.57 Å². The number of hydrogen-bond donors (Lipinski definition) is 1. The van der Waals surface area contributed by atoms with E-state index in [0.29, 0.717) is 6.54 Å². The number of aryl methyl sites for hydroxylation is 1. The standard InChI is InChI=1S/C11H17NO2/c1-4-6-9-8(3)7-10(13)12(5-2)11(9)14/h7,14H,4-6H2,1-3H3. The van der Waals surface area contributed by atoms with Crippen LogP contribution in [0.2, 0.25) is 0 Å². The van der Waals surface area contributed by atoms with Crippen LogP contribution in [-0.2, 0) is 13.0 Å². The second-order valence-electron chi connectivity index (χ2n) is 3.46. The molecule has 0 radical (unpaired) electrons. The van der Waals surface area contributed by atoms with Gasteiger partial charge < -0.3 is 5.11 Å². The number of rotatable bonds is 3. The van der Waals surface area contributed by atoms with Gasteiger partial charge >= 0.3 is 0 Å². The zero-order chi connectivity index (χ0) is 10.7. The summed E-state index contributed by atoms with van der Waals surface area (Å²) in [5.41, 5.74) is 1.66. The number of aromatic nitrogens is 1. The van der Waals surface area contributed by atoms with Gasteiger partial charge in [0.2, 0.25) is 0 Å². The lowest BCUT2D eigenvalue weighted by molar-refractivity contribution is 0.403. The number of nitrogens with zero attached hydrogens (tertiary/aromatic N) is 1. The van der Waals surface area contributed by atoms with E-state index in [1.54, 1.807) is 6.07 Å². The summed E-state index contributed by atoms with van der Waals surface area (Å²) in [7, 11) is 0. The molecule has 14 heavy (non-hydrogen) atoms. The fourth-order valence-corrected chi connectivity index (χ4v) is 1.66. The van der Waals surface area contributed by atoms with Gasteiger partial charge in [0, 0.05) is 18.2 Å². The molecule has 0 aliphatic carbocycles. The molecule has 0 aliphatic rings. The summed E-state index contributed by atoms with van der Waals surface area (Å²) in [5.74, 6) is 0.138. The Labute approximate surface area is 84.0 Å². The maximum absolute atomic E-state index is 11.5. The summed E-state index contributed by atoms with van der Waals surface area (Å²) >= 11 is 0. The molecule has 1 rings (SSSR count). The molecular weight excluding hydrogens is 178 g/mol. The van der Waals surface area contributed by atoms with E-state index in [1.807, 2.05) is 13.8 Å². The quantitative estimate of drug-likeness (QED) is 0.799. The summed E-state index contributed by atoms with van der Waals surface area (Å²) in [5, 5.41) is 9.84. The molecule has 0 unspecified atom stereocenters. The van der Waals surface area contributed by atoms with E-state index < -0.39 is 0 Å². The van der Waals surface area contributed by atoms with Crippen LogP contribution in [0.25, 0.3) is 0 Å². The molecule has 0 atom stereocenters. The molecule has 0 aromatic carbocycles. The summed E-state index contributed by atoms with van der Waals surface area (Å²) in [6.07, 6.45) is 1.79. The van der Waals surface area contributed by atoms with Gasteiger partial charge in [-0.1, -0.05) is 13.3 Å². The van der Waals surface area contributed by atoms with Crippen molar-refractivity contribution < 1.29 is 5.11 Å². The van der Waals surface area contributed by atoms with Gasteiger partial charge in [0.25, 0.3) is 5.56 Å². The predicted octanol–water partition coefficient (Wildman–Crippen LogP) is 1.83. The molecule has 1 aromatic heterocycles. The minimum absolute atomic E-state index is 0.123. The van der Waals surface area contributed by atoms with Crippen LogP contribution in [0.3, 0.4) is 0 Å². The van der Waals surface area contributed by atoms with Gasteiger partial charge in [-0.3, -0.25) is 9.36 Å². The maximum atomic E-state index is 11.5. The van der Waals surface area contributed by atoms with Crippen molar-refractivity contribution in [2.24, 2.45) is 0 Å². The second kappa shape index (κ2) is 4.31. The zero-order valence-corrected chi connectivity index (χ0v) is 9.00. The van der Waals surface area contributed by atoms with Crippen molar-refractivity contribution in [2.45, 2.75) is 40.2 Å². The van der Waals surface area contributed by atoms with Crippen LogP contribution in [0.15, 0.2) is 10.9 Å². The number of pyridine rings is 1. The topological polar surface area (TPSA) is 42.2 Å². The summed E-state index contributed by atoms with van der Waals surface area (Å²) in [6, 6.07) is 1.59. The molecular formula is C11H17NO2. The summed E-state index contributed by atoms with van der Waals surface area (Å²) in [6.45, 7) is 6.29. The van der Waals surface area contributed by atoms with Crippen LogP contribution < -0.4 is 5.56 Å². The highest BCUT2D eigenvalue weighted by molar-refractivity contribution is 5.33. The minimum atomic E-state index is -0.123. The Kier molecular flexibility index (Phi) is 3.33. The molecule has 0 bridgehead atoms. The fourth-order valence-electron chi connectivity index (χ4n) is 1.66. The zero-order valence-electron chi connectivity index (χ0n) is 9.00. The average molecular weight is 195 g/mol. The first-order chi connectivity index (χ1) is 6.61. The van der Waals surface area contributed by atoms with Crippen LogP contribution in [-0.4, -0.2) is 9.67 Å². The first-order valence-electron chi connectivity index (χ1n) is 5.04. The van der Waals surface area contributed by atoms with Gasteiger partial charge in [0.15, 0.2) is 5.88 Å². The van der Waals surface area contributed by atoms with Crippen molar-refractivity contribution >= 4 is 0 Å². The molecule has 0 saturated carbocycles. The van der Waals surface area contributed by atoms with Gasteiger partial charge in [-0.15, -0.1) is 0 Å². The number of hydrogen-bond acceptors (Lipinski definition) is 2. The van der Waals surface area contributed by atoms with Crippen LogP contribution >= 0.6 is 0 Å². The van der Waals surface area contributed by atoms with E-state index >= 15 is 0 Å². The van der Waals surface area contributed by atoms with Crippen LogP contribution in [0.1, 0.15) is 31.4 Å². The SMILES string of the molecule is CCCc1c(C)cc(=O)n(CC)c1O. The van der Waals surface area contributed by atoms with E-state index in [-0.39, 0.29) is 11.4 Å². The smallest absolute Gasteiger partial charge is 0.253 e. The third-order valence-electron chi connectivity index (χ3n) is 2.42. The van der Waals surface area contributed by atoms with Gasteiger partial charge in [-0.05, 0) is 25.8 Å². The minimum Gasteiger partial charge on any atom is -0.494 e. The highest BCUT2D eigenvalue weighted by Gasteiger charge is 2.10. The Hall–Kier alpha value is -1.25. The molecule has 1 heterocycles. The Morgan fingerprint density at radius 2 is 2.07 bits per heavy atom. The largest absolute Gasteiger partial charge is 0.494 e. The first-order valence-corrected chi connectivity index (χ1v) is 5.04. The van der Waals surface area contributed by atoms with Gasteiger partial charge in [-0.25, -0.2) is 0 Å². The molecule has 0 aliphatic heterocycles. The third kappa shape index (κ3) is 1.81. The van der Waals surface area contributed by atoms with Crippen LogP contribution in [0.4, 0.5) is 0 Å². The molecule has 78 valence electrons. The normalized spacial score (nSPS) is 10.5. The van der Waals surface area contributed by atoms with Crippen molar-refractivity contribution in [3.05, 3.63) is 27.5 Å². The van der Waals surface area contributed by atoms with Crippen molar-refractivity contribution in [3.63, 3.8) is 0 Å². The molecule has 0 fully saturated rings. The highest BCUT2D eigenvalue weighted by Crippen LogP contribution is 2.20. The van der Waals surface area contributed by atoms with E-state index in [0.717, 1.165) is 24.0 Å². The molecule has 3 nitrogen and oxygen atoms in total. The van der Waals surface area contributed by atoms with Crippen molar-refractivity contribution in [3.8, 4) is 5.88 Å². The van der Waals surface area contributed by atoms with Gasteiger partial charge in [0.1, 0.15) is 0 Å². The molecule has 0 spiro atoms. The lowest BCUT2D eigenvalue weighted by atomic mass is 10.1. The lowest BCUT2D eigenvalue weighted by Gasteiger charge is -2.12. The Morgan fingerprint density at radius 1 is 1.43 bits per heavy atom. The van der Waals surface area contributed by atoms with Crippen molar-refractivity contribution in [1.29, 1.82) is 0 Å². The fraction of sp³-hybridized carbons (Fsp3) is 0.545. The Balaban J connectivity index is 3.36. The predicted molar refractivity (Wildman–Crippen MR) is 56.8 cm³/mol. The lowest BCUT2D eigenvalue weighted by Crippen LogP contribution is -2.20. The average Bonchev–Trinajstić information content (AvgIpc) is 2.12. The van der Waals surface area contributed by atoms with Crippen molar-refractivity contribution in [2.75, 3.05) is 0 Å². The molecule has 1 aromatic rings. The van der Waals surface area contributed by atoms with E-state index in [2.05, 4.69) is 6.92 Å².